The highest BCUT2D eigenvalue weighted by molar-refractivity contribution is 7.15. The van der Waals surface area contributed by atoms with Crippen molar-refractivity contribution in [2.24, 2.45) is 0 Å². The second-order valence-electron chi connectivity index (χ2n) is 6.52. The van der Waals surface area contributed by atoms with Crippen molar-refractivity contribution < 1.29 is 4.79 Å². The number of aromatic nitrogens is 2. The maximum atomic E-state index is 12.7. The van der Waals surface area contributed by atoms with Crippen LogP contribution >= 0.6 is 11.3 Å². The lowest BCUT2D eigenvalue weighted by atomic mass is 10.1. The summed E-state index contributed by atoms with van der Waals surface area (Å²) in [6, 6.07) is 14.3. The van der Waals surface area contributed by atoms with Crippen molar-refractivity contribution in [3.8, 4) is 0 Å². The van der Waals surface area contributed by atoms with Crippen LogP contribution < -0.4 is 5.32 Å². The number of anilines is 1. The molecule has 0 aliphatic carbocycles. The monoisotopic (exact) mass is 353 g/mol. The predicted molar refractivity (Wildman–Crippen MR) is 103 cm³/mol. The summed E-state index contributed by atoms with van der Waals surface area (Å²) in [5.74, 6) is 0.299. The van der Waals surface area contributed by atoms with Gasteiger partial charge in [-0.3, -0.25) is 10.1 Å². The number of hydrogen-bond acceptors (Lipinski definition) is 3. The predicted octanol–water partition coefficient (Wildman–Crippen LogP) is 5.12. The fraction of sp³-hybridized carbons (Fsp3) is 0.300. The molecule has 25 heavy (non-hydrogen) atoms. The number of hydrogen-bond donors (Lipinski definition) is 1. The van der Waals surface area contributed by atoms with Crippen LogP contribution in [0.1, 0.15) is 53.7 Å². The topological polar surface area (TPSA) is 46.9 Å². The van der Waals surface area contributed by atoms with Gasteiger partial charge in [0.05, 0.1) is 0 Å². The fourth-order valence-electron chi connectivity index (χ4n) is 2.80. The van der Waals surface area contributed by atoms with Crippen LogP contribution in [0.4, 0.5) is 5.13 Å². The maximum absolute atomic E-state index is 12.7. The van der Waals surface area contributed by atoms with Crippen molar-refractivity contribution in [1.82, 2.24) is 9.55 Å². The lowest BCUT2D eigenvalue weighted by molar-refractivity contribution is 0.101. The van der Waals surface area contributed by atoms with Gasteiger partial charge in [0.1, 0.15) is 5.69 Å². The zero-order valence-electron chi connectivity index (χ0n) is 14.8. The Morgan fingerprint density at radius 1 is 1.16 bits per heavy atom. The SMILES string of the molecule is CC(C)c1cnc(NC(=O)c2cccn2C(C)Cc2ccccc2)s1. The molecule has 3 rings (SSSR count). The number of carbonyl (C=O) groups is 1. The minimum Gasteiger partial charge on any atom is -0.340 e. The molecule has 0 radical (unpaired) electrons. The average molecular weight is 353 g/mol. The highest BCUT2D eigenvalue weighted by Crippen LogP contribution is 2.26. The van der Waals surface area contributed by atoms with Gasteiger partial charge in [-0.05, 0) is 37.0 Å². The Labute approximate surface area is 152 Å². The van der Waals surface area contributed by atoms with Crippen molar-refractivity contribution in [2.45, 2.75) is 39.2 Å². The Kier molecular flexibility index (Phi) is 5.34. The number of thiazole rings is 1. The minimum absolute atomic E-state index is 0.116. The first-order valence-corrected chi connectivity index (χ1v) is 9.34. The van der Waals surface area contributed by atoms with E-state index in [2.05, 4.69) is 43.2 Å². The van der Waals surface area contributed by atoms with Crippen LogP contribution in [0, 0.1) is 0 Å². The summed E-state index contributed by atoms with van der Waals surface area (Å²) in [5, 5.41) is 3.58. The molecule has 0 aliphatic rings. The molecule has 0 saturated carbocycles. The van der Waals surface area contributed by atoms with Gasteiger partial charge in [0.2, 0.25) is 0 Å². The van der Waals surface area contributed by atoms with E-state index in [4.69, 9.17) is 0 Å². The second-order valence-corrected chi connectivity index (χ2v) is 7.58. The normalized spacial score (nSPS) is 12.3. The van der Waals surface area contributed by atoms with Gasteiger partial charge in [0.15, 0.2) is 5.13 Å². The van der Waals surface area contributed by atoms with E-state index in [0.717, 1.165) is 6.42 Å². The van der Waals surface area contributed by atoms with E-state index in [-0.39, 0.29) is 11.9 Å². The number of benzene rings is 1. The summed E-state index contributed by atoms with van der Waals surface area (Å²) >= 11 is 1.53. The molecule has 130 valence electrons. The van der Waals surface area contributed by atoms with Crippen molar-refractivity contribution in [3.63, 3.8) is 0 Å². The molecule has 1 unspecified atom stereocenters. The smallest absolute Gasteiger partial charge is 0.274 e. The molecule has 4 nitrogen and oxygen atoms in total. The van der Waals surface area contributed by atoms with E-state index in [9.17, 15) is 4.79 Å². The van der Waals surface area contributed by atoms with Crippen molar-refractivity contribution in [3.05, 3.63) is 71.0 Å². The van der Waals surface area contributed by atoms with Crippen molar-refractivity contribution in [1.29, 1.82) is 0 Å². The van der Waals surface area contributed by atoms with Crippen molar-refractivity contribution in [2.75, 3.05) is 5.32 Å². The molecule has 1 aromatic carbocycles. The van der Waals surface area contributed by atoms with Crippen LogP contribution in [-0.4, -0.2) is 15.5 Å². The first-order valence-electron chi connectivity index (χ1n) is 8.52. The molecule has 1 amide bonds. The Morgan fingerprint density at radius 2 is 1.92 bits per heavy atom. The van der Waals surface area contributed by atoms with E-state index in [1.165, 1.54) is 21.8 Å². The van der Waals surface area contributed by atoms with Gasteiger partial charge in [0, 0.05) is 23.3 Å². The van der Waals surface area contributed by atoms with Crippen LogP contribution in [0.3, 0.4) is 0 Å². The van der Waals surface area contributed by atoms with Gasteiger partial charge in [-0.1, -0.05) is 44.2 Å². The quantitative estimate of drug-likeness (QED) is 0.668. The molecule has 5 heteroatoms. The summed E-state index contributed by atoms with van der Waals surface area (Å²) < 4.78 is 2.03. The minimum atomic E-state index is -0.116. The number of nitrogens with one attached hydrogen (secondary N) is 1. The molecule has 2 aromatic heterocycles. The molecule has 2 heterocycles. The molecule has 1 N–H and O–H groups in total. The van der Waals surface area contributed by atoms with E-state index < -0.39 is 0 Å². The molecular formula is C20H23N3OS. The van der Waals surface area contributed by atoms with Gasteiger partial charge in [-0.2, -0.15) is 0 Å². The molecular weight excluding hydrogens is 330 g/mol. The van der Waals surface area contributed by atoms with Crippen LogP contribution in [-0.2, 0) is 6.42 Å². The fourth-order valence-corrected chi connectivity index (χ4v) is 3.61. The first-order chi connectivity index (χ1) is 12.0. The number of carbonyl (C=O) groups excluding carboxylic acids is 1. The highest BCUT2D eigenvalue weighted by Gasteiger charge is 2.17. The lowest BCUT2D eigenvalue weighted by Gasteiger charge is -2.17. The third-order valence-electron chi connectivity index (χ3n) is 4.17. The maximum Gasteiger partial charge on any atom is 0.274 e. The Hall–Kier alpha value is -2.40. The molecule has 0 fully saturated rings. The van der Waals surface area contributed by atoms with Crippen LogP contribution in [0.5, 0.6) is 0 Å². The molecule has 0 bridgehead atoms. The molecule has 0 spiro atoms. The summed E-state index contributed by atoms with van der Waals surface area (Å²) in [5.41, 5.74) is 1.92. The number of rotatable bonds is 6. The Morgan fingerprint density at radius 3 is 2.60 bits per heavy atom. The average Bonchev–Trinajstić information content (AvgIpc) is 3.25. The molecule has 0 aliphatic heterocycles. The second kappa shape index (κ2) is 7.66. The van der Waals surface area contributed by atoms with Crippen molar-refractivity contribution >= 4 is 22.4 Å². The summed E-state index contributed by atoms with van der Waals surface area (Å²) in [4.78, 5) is 18.1. The summed E-state index contributed by atoms with van der Waals surface area (Å²) in [6.07, 6.45) is 4.68. The van der Waals surface area contributed by atoms with E-state index in [1.807, 2.05) is 47.3 Å². The number of amides is 1. The van der Waals surface area contributed by atoms with E-state index in [0.29, 0.717) is 16.7 Å². The van der Waals surface area contributed by atoms with Crippen LogP contribution in [0.2, 0.25) is 0 Å². The number of nitrogens with zero attached hydrogens (tertiary/aromatic N) is 2. The highest BCUT2D eigenvalue weighted by atomic mass is 32.1. The molecule has 0 saturated heterocycles. The van der Waals surface area contributed by atoms with E-state index in [1.54, 1.807) is 0 Å². The Bertz CT molecular complexity index is 836. The Balaban J connectivity index is 1.72. The van der Waals surface area contributed by atoms with Gasteiger partial charge < -0.3 is 4.57 Å². The van der Waals surface area contributed by atoms with E-state index >= 15 is 0 Å². The zero-order chi connectivity index (χ0) is 17.8. The van der Waals surface area contributed by atoms with Crippen LogP contribution in [0.25, 0.3) is 0 Å². The third kappa shape index (κ3) is 4.17. The largest absolute Gasteiger partial charge is 0.340 e. The van der Waals surface area contributed by atoms with Gasteiger partial charge in [-0.15, -0.1) is 11.3 Å². The standard InChI is InChI=1S/C20H23N3OS/c1-14(2)18-13-21-20(25-18)22-19(24)17-10-7-11-23(17)15(3)12-16-8-5-4-6-9-16/h4-11,13-15H,12H2,1-3H3,(H,21,22,24). The lowest BCUT2D eigenvalue weighted by Crippen LogP contribution is -2.19. The van der Waals surface area contributed by atoms with Gasteiger partial charge in [0.25, 0.3) is 5.91 Å². The van der Waals surface area contributed by atoms with Gasteiger partial charge >= 0.3 is 0 Å². The molecule has 3 aromatic rings. The van der Waals surface area contributed by atoms with Crippen LogP contribution in [0.15, 0.2) is 54.9 Å². The summed E-state index contributed by atoms with van der Waals surface area (Å²) in [7, 11) is 0. The first kappa shape index (κ1) is 17.4. The zero-order valence-corrected chi connectivity index (χ0v) is 15.6. The summed E-state index contributed by atoms with van der Waals surface area (Å²) in [6.45, 7) is 6.37. The third-order valence-corrected chi connectivity index (χ3v) is 5.39. The molecule has 1 atom stereocenters. The van der Waals surface area contributed by atoms with Gasteiger partial charge in [-0.25, -0.2) is 4.98 Å².